The summed E-state index contributed by atoms with van der Waals surface area (Å²) in [5.74, 6) is -1.83. The van der Waals surface area contributed by atoms with Crippen molar-refractivity contribution in [2.75, 3.05) is 12.4 Å². The molecule has 43 heavy (non-hydrogen) atoms. The SMILES string of the molecule is COC(=O)Nc1cnc(-c2ccccc2)n(CC(=O)N[C@H](C(=O)c2nnc(C3(c4ccc(F)cc4)CC3)o2)C(C)C)c1=O. The maximum absolute atomic E-state index is 13.5. The number of Topliss-reactive ketones (excluding diaryl/α,β-unsaturated/α-hetero) is 1. The molecule has 5 rings (SSSR count). The van der Waals surface area contributed by atoms with Gasteiger partial charge in [-0.3, -0.25) is 24.3 Å². The minimum absolute atomic E-state index is 0.181. The van der Waals surface area contributed by atoms with Crippen LogP contribution in [0, 0.1) is 11.7 Å². The highest BCUT2D eigenvalue weighted by molar-refractivity contribution is 5.98. The summed E-state index contributed by atoms with van der Waals surface area (Å²) in [4.78, 5) is 56.2. The summed E-state index contributed by atoms with van der Waals surface area (Å²) in [5, 5.41) is 13.1. The highest BCUT2D eigenvalue weighted by Crippen LogP contribution is 2.52. The van der Waals surface area contributed by atoms with Crippen LogP contribution in [0.5, 0.6) is 0 Å². The van der Waals surface area contributed by atoms with Gasteiger partial charge in [-0.1, -0.05) is 56.3 Å². The first-order valence-corrected chi connectivity index (χ1v) is 13.6. The van der Waals surface area contributed by atoms with Crippen LogP contribution in [0.25, 0.3) is 11.4 Å². The molecule has 1 aliphatic carbocycles. The van der Waals surface area contributed by atoms with E-state index in [1.807, 2.05) is 0 Å². The molecule has 12 nitrogen and oxygen atoms in total. The average Bonchev–Trinajstić information content (AvgIpc) is 3.66. The molecule has 2 N–H and O–H groups in total. The lowest BCUT2D eigenvalue weighted by Gasteiger charge is -2.21. The van der Waals surface area contributed by atoms with Crippen LogP contribution in [0.3, 0.4) is 0 Å². The Kier molecular flexibility index (Phi) is 8.15. The van der Waals surface area contributed by atoms with Crippen LogP contribution in [-0.4, -0.2) is 50.7 Å². The van der Waals surface area contributed by atoms with E-state index in [1.165, 1.54) is 18.3 Å². The molecule has 4 aromatic rings. The largest absolute Gasteiger partial charge is 0.453 e. The normalized spacial score (nSPS) is 14.2. The van der Waals surface area contributed by atoms with E-state index >= 15 is 0 Å². The first-order chi connectivity index (χ1) is 20.6. The third-order valence-corrected chi connectivity index (χ3v) is 7.26. The van der Waals surface area contributed by atoms with E-state index in [1.54, 1.807) is 56.3 Å². The molecule has 2 heterocycles. The first kappa shape index (κ1) is 29.3. The van der Waals surface area contributed by atoms with Gasteiger partial charge in [0.05, 0.1) is 24.8 Å². The number of hydrogen-bond donors (Lipinski definition) is 2. The number of rotatable bonds is 10. The van der Waals surface area contributed by atoms with Crippen molar-refractivity contribution < 1.29 is 27.9 Å². The molecule has 2 aromatic heterocycles. The van der Waals surface area contributed by atoms with Crippen molar-refractivity contribution in [3.63, 3.8) is 0 Å². The number of aromatic nitrogens is 4. The average molecular weight is 589 g/mol. The Balaban J connectivity index is 1.38. The number of nitrogens with zero attached hydrogens (tertiary/aromatic N) is 4. The van der Waals surface area contributed by atoms with Crippen molar-refractivity contribution in [3.05, 3.63) is 94.3 Å². The van der Waals surface area contributed by atoms with Crippen LogP contribution < -0.4 is 16.2 Å². The summed E-state index contributed by atoms with van der Waals surface area (Å²) in [6.45, 7) is 2.97. The summed E-state index contributed by atoms with van der Waals surface area (Å²) in [6.07, 6.45) is 1.71. The quantitative estimate of drug-likeness (QED) is 0.263. The maximum atomic E-state index is 13.5. The van der Waals surface area contributed by atoms with Crippen molar-refractivity contribution in [1.82, 2.24) is 25.1 Å². The van der Waals surface area contributed by atoms with Gasteiger partial charge in [-0.05, 0) is 36.5 Å². The molecule has 1 aliphatic rings. The molecule has 1 saturated carbocycles. The summed E-state index contributed by atoms with van der Waals surface area (Å²) >= 11 is 0. The van der Waals surface area contributed by atoms with Crippen LogP contribution in [0.15, 0.2) is 70.0 Å². The Morgan fingerprint density at radius 1 is 1.07 bits per heavy atom. The van der Waals surface area contributed by atoms with Crippen molar-refractivity contribution in [2.24, 2.45) is 5.92 Å². The van der Waals surface area contributed by atoms with Crippen molar-refractivity contribution in [1.29, 1.82) is 0 Å². The highest BCUT2D eigenvalue weighted by atomic mass is 19.1. The fraction of sp³-hybridized carbons (Fsp3) is 0.300. The van der Waals surface area contributed by atoms with Gasteiger partial charge in [0.2, 0.25) is 17.6 Å². The summed E-state index contributed by atoms with van der Waals surface area (Å²) in [5.41, 5.74) is -0.103. The number of amides is 2. The van der Waals surface area contributed by atoms with Crippen LogP contribution in [0.4, 0.5) is 14.9 Å². The zero-order valence-electron chi connectivity index (χ0n) is 23.7. The van der Waals surface area contributed by atoms with E-state index in [0.717, 1.165) is 17.2 Å². The van der Waals surface area contributed by atoms with E-state index in [9.17, 15) is 23.6 Å². The van der Waals surface area contributed by atoms with Gasteiger partial charge in [0.1, 0.15) is 23.9 Å². The van der Waals surface area contributed by atoms with Gasteiger partial charge in [-0.15, -0.1) is 10.2 Å². The van der Waals surface area contributed by atoms with Crippen LogP contribution >= 0.6 is 0 Å². The number of nitrogens with one attached hydrogen (secondary N) is 2. The van der Waals surface area contributed by atoms with Gasteiger partial charge in [-0.25, -0.2) is 14.2 Å². The predicted molar refractivity (Wildman–Crippen MR) is 152 cm³/mol. The zero-order chi connectivity index (χ0) is 30.7. The lowest BCUT2D eigenvalue weighted by molar-refractivity contribution is -0.122. The van der Waals surface area contributed by atoms with Gasteiger partial charge >= 0.3 is 6.09 Å². The molecule has 1 atom stereocenters. The molecule has 0 unspecified atom stereocenters. The number of benzene rings is 2. The Morgan fingerprint density at radius 2 is 1.77 bits per heavy atom. The standard InChI is InChI=1S/C30H29FN6O6/c1-17(2)23(24(39)26-35-36-28(43-26)30(13-14-30)19-9-11-20(31)12-10-19)34-22(38)16-37-25(18-7-5-4-6-8-18)32-15-21(27(37)40)33-29(41)42-3/h4-12,15,17,23H,13-14,16H2,1-3H3,(H,33,41)(H,34,38)/t23-/m0/s1. The van der Waals surface area contributed by atoms with Crippen molar-refractivity contribution in [2.45, 2.75) is 44.7 Å². The predicted octanol–water partition coefficient (Wildman–Crippen LogP) is 3.71. The number of hydrogen-bond acceptors (Lipinski definition) is 9. The number of ketones is 1. The second kappa shape index (κ2) is 12.0. The second-order valence-corrected chi connectivity index (χ2v) is 10.5. The Bertz CT molecular complexity index is 1710. The summed E-state index contributed by atoms with van der Waals surface area (Å²) in [7, 11) is 1.15. The number of methoxy groups -OCH3 is 1. The van der Waals surface area contributed by atoms with E-state index in [-0.39, 0.29) is 35.0 Å². The third kappa shape index (κ3) is 6.05. The molecule has 0 saturated heterocycles. The maximum Gasteiger partial charge on any atom is 0.411 e. The molecule has 1 fully saturated rings. The van der Waals surface area contributed by atoms with E-state index in [4.69, 9.17) is 4.42 Å². The van der Waals surface area contributed by atoms with Gasteiger partial charge in [0.25, 0.3) is 11.4 Å². The number of halogens is 1. The summed E-state index contributed by atoms with van der Waals surface area (Å²) < 4.78 is 24.9. The van der Waals surface area contributed by atoms with E-state index in [0.29, 0.717) is 18.4 Å². The first-order valence-electron chi connectivity index (χ1n) is 13.6. The Morgan fingerprint density at radius 3 is 2.40 bits per heavy atom. The monoisotopic (exact) mass is 588 g/mol. The Labute approximate surface area is 245 Å². The summed E-state index contributed by atoms with van der Waals surface area (Å²) in [6, 6.07) is 13.7. The van der Waals surface area contributed by atoms with Gasteiger partial charge < -0.3 is 14.5 Å². The molecule has 0 bridgehead atoms. The fourth-order valence-corrected chi connectivity index (χ4v) is 4.77. The topological polar surface area (TPSA) is 158 Å². The molecule has 0 radical (unpaired) electrons. The van der Waals surface area contributed by atoms with Gasteiger partial charge in [0.15, 0.2) is 0 Å². The smallest absolute Gasteiger partial charge is 0.411 e. The number of anilines is 1. The van der Waals surface area contributed by atoms with Crippen LogP contribution in [0.2, 0.25) is 0 Å². The molecular formula is C30H29FN6O6. The number of ether oxygens (including phenoxy) is 1. The minimum atomic E-state index is -1.05. The second-order valence-electron chi connectivity index (χ2n) is 10.5. The van der Waals surface area contributed by atoms with Gasteiger partial charge in [0, 0.05) is 5.56 Å². The van der Waals surface area contributed by atoms with E-state index in [2.05, 4.69) is 30.6 Å². The third-order valence-electron chi connectivity index (χ3n) is 7.26. The van der Waals surface area contributed by atoms with E-state index < -0.39 is 41.3 Å². The van der Waals surface area contributed by atoms with Crippen LogP contribution in [-0.2, 0) is 21.5 Å². The molecule has 0 aliphatic heterocycles. The zero-order valence-corrected chi connectivity index (χ0v) is 23.7. The molecular weight excluding hydrogens is 559 g/mol. The van der Waals surface area contributed by atoms with Crippen LogP contribution in [0.1, 0.15) is 48.8 Å². The minimum Gasteiger partial charge on any atom is -0.453 e. The van der Waals surface area contributed by atoms with Crippen molar-refractivity contribution >= 4 is 23.5 Å². The molecule has 222 valence electrons. The number of carbonyl (C=O) groups excluding carboxylic acids is 3. The lowest BCUT2D eigenvalue weighted by Crippen LogP contribution is -2.46. The van der Waals surface area contributed by atoms with Gasteiger partial charge in [-0.2, -0.15) is 0 Å². The lowest BCUT2D eigenvalue weighted by atomic mass is 9.96. The van der Waals surface area contributed by atoms with Crippen molar-refractivity contribution in [3.8, 4) is 11.4 Å². The Hall–Kier alpha value is -5.20. The fourth-order valence-electron chi connectivity index (χ4n) is 4.77. The molecule has 2 aromatic carbocycles. The molecule has 2 amide bonds. The highest BCUT2D eigenvalue weighted by Gasteiger charge is 2.51. The number of carbonyl (C=O) groups is 3. The molecule has 0 spiro atoms. The molecule has 13 heteroatoms.